The number of aromatic nitrogens is 2. The second-order valence-corrected chi connectivity index (χ2v) is 8.48. The van der Waals surface area contributed by atoms with Crippen LogP contribution in [0.5, 0.6) is 5.75 Å². The van der Waals surface area contributed by atoms with E-state index in [1.165, 1.54) is 16.8 Å². The standard InChI is InChI=1S/C17H23N5O3S/c1-13-9-14(21-5-3-18-4-6-21)17-15(10-13)22(7-8-25-17)26(23,24)16-11-20(2)12-19-16/h9-12,18H,3-8H2,1-2H3. The molecule has 1 fully saturated rings. The molecule has 0 aliphatic carbocycles. The zero-order valence-corrected chi connectivity index (χ0v) is 15.8. The van der Waals surface area contributed by atoms with Crippen molar-refractivity contribution in [3.05, 3.63) is 30.2 Å². The smallest absolute Gasteiger partial charge is 0.283 e. The number of hydrogen-bond acceptors (Lipinski definition) is 6. The largest absolute Gasteiger partial charge is 0.487 e. The maximum atomic E-state index is 13.1. The van der Waals surface area contributed by atoms with Crippen LogP contribution in [0.15, 0.2) is 29.7 Å². The predicted molar refractivity (Wildman–Crippen MR) is 99.5 cm³/mol. The summed E-state index contributed by atoms with van der Waals surface area (Å²) in [6, 6.07) is 3.95. The van der Waals surface area contributed by atoms with E-state index in [0.29, 0.717) is 18.0 Å². The SMILES string of the molecule is Cc1cc(N2CCNCC2)c2c(c1)N(S(=O)(=O)c1cn(C)cn1)CCO2. The zero-order valence-electron chi connectivity index (χ0n) is 15.0. The third-order valence-corrected chi connectivity index (χ3v) is 6.40. The zero-order chi connectivity index (χ0) is 18.3. The molecule has 1 aromatic heterocycles. The van der Waals surface area contributed by atoms with E-state index in [-0.39, 0.29) is 11.6 Å². The minimum absolute atomic E-state index is 0.0538. The molecule has 0 unspecified atom stereocenters. The molecule has 2 aliphatic rings. The lowest BCUT2D eigenvalue weighted by molar-refractivity contribution is 0.315. The fourth-order valence-electron chi connectivity index (χ4n) is 3.44. The Morgan fingerprint density at radius 2 is 1.88 bits per heavy atom. The molecule has 0 spiro atoms. The molecule has 140 valence electrons. The maximum absolute atomic E-state index is 13.1. The van der Waals surface area contributed by atoms with Crippen molar-refractivity contribution in [3.8, 4) is 5.75 Å². The van der Waals surface area contributed by atoms with E-state index in [9.17, 15) is 8.42 Å². The van der Waals surface area contributed by atoms with Gasteiger partial charge in [-0.05, 0) is 24.6 Å². The molecule has 0 radical (unpaired) electrons. The van der Waals surface area contributed by atoms with Crippen molar-refractivity contribution in [2.24, 2.45) is 7.05 Å². The summed E-state index contributed by atoms with van der Waals surface area (Å²) in [7, 11) is -1.97. The number of hydrogen-bond donors (Lipinski definition) is 1. The van der Waals surface area contributed by atoms with E-state index in [4.69, 9.17) is 4.74 Å². The molecule has 1 N–H and O–H groups in total. The van der Waals surface area contributed by atoms with E-state index in [2.05, 4.69) is 21.3 Å². The Bertz CT molecular complexity index is 918. The van der Waals surface area contributed by atoms with Gasteiger partial charge in [0.2, 0.25) is 0 Å². The maximum Gasteiger partial charge on any atom is 0.283 e. The number of nitrogens with one attached hydrogen (secondary N) is 1. The summed E-state index contributed by atoms with van der Waals surface area (Å²) in [6.07, 6.45) is 3.02. The van der Waals surface area contributed by atoms with Gasteiger partial charge in [0.15, 0.2) is 10.8 Å². The first-order valence-electron chi connectivity index (χ1n) is 8.70. The number of fused-ring (bicyclic) bond motifs is 1. The second kappa shape index (κ2) is 6.48. The first-order chi connectivity index (χ1) is 12.5. The van der Waals surface area contributed by atoms with Gasteiger partial charge in [0.1, 0.15) is 6.61 Å². The lowest BCUT2D eigenvalue weighted by Crippen LogP contribution is -2.44. The number of ether oxygens (including phenoxy) is 1. The molecule has 1 saturated heterocycles. The summed E-state index contributed by atoms with van der Waals surface area (Å²) in [5.41, 5.74) is 2.56. The Labute approximate surface area is 153 Å². The molecule has 0 amide bonds. The first kappa shape index (κ1) is 17.2. The number of nitrogens with zero attached hydrogens (tertiary/aromatic N) is 4. The van der Waals surface area contributed by atoms with Gasteiger partial charge in [-0.15, -0.1) is 0 Å². The van der Waals surface area contributed by atoms with Crippen molar-refractivity contribution in [2.45, 2.75) is 11.9 Å². The lowest BCUT2D eigenvalue weighted by atomic mass is 10.1. The quantitative estimate of drug-likeness (QED) is 0.849. The van der Waals surface area contributed by atoms with Crippen LogP contribution in [0.2, 0.25) is 0 Å². The number of imidazole rings is 1. The van der Waals surface area contributed by atoms with Gasteiger partial charge in [-0.1, -0.05) is 0 Å². The molecule has 0 saturated carbocycles. The highest BCUT2D eigenvalue weighted by atomic mass is 32.2. The molecule has 3 heterocycles. The Kier molecular flexibility index (Phi) is 4.28. The Morgan fingerprint density at radius 3 is 2.58 bits per heavy atom. The number of rotatable bonds is 3. The van der Waals surface area contributed by atoms with Crippen LogP contribution in [-0.4, -0.2) is 57.3 Å². The predicted octanol–water partition coefficient (Wildman–Crippen LogP) is 0.726. The fourth-order valence-corrected chi connectivity index (χ4v) is 4.86. The third-order valence-electron chi connectivity index (χ3n) is 4.70. The van der Waals surface area contributed by atoms with Gasteiger partial charge in [0, 0.05) is 39.4 Å². The number of anilines is 2. The van der Waals surface area contributed by atoms with Crippen molar-refractivity contribution in [1.29, 1.82) is 0 Å². The van der Waals surface area contributed by atoms with Crippen LogP contribution in [0.25, 0.3) is 0 Å². The molecule has 0 atom stereocenters. The highest BCUT2D eigenvalue weighted by Gasteiger charge is 2.34. The van der Waals surface area contributed by atoms with Crippen molar-refractivity contribution in [2.75, 3.05) is 48.5 Å². The third kappa shape index (κ3) is 2.90. The Balaban J connectivity index is 1.80. The number of benzene rings is 1. The van der Waals surface area contributed by atoms with Crippen molar-refractivity contribution in [3.63, 3.8) is 0 Å². The van der Waals surface area contributed by atoms with Gasteiger partial charge in [0.05, 0.1) is 24.2 Å². The van der Waals surface area contributed by atoms with Gasteiger partial charge in [-0.3, -0.25) is 4.31 Å². The van der Waals surface area contributed by atoms with Gasteiger partial charge >= 0.3 is 0 Å². The van der Waals surface area contributed by atoms with Crippen LogP contribution < -0.4 is 19.3 Å². The molecular weight excluding hydrogens is 354 g/mol. The summed E-state index contributed by atoms with van der Waals surface area (Å²) in [5.74, 6) is 0.642. The van der Waals surface area contributed by atoms with E-state index < -0.39 is 10.0 Å². The molecule has 9 heteroatoms. The number of sulfonamides is 1. The highest BCUT2D eigenvalue weighted by molar-refractivity contribution is 7.92. The van der Waals surface area contributed by atoms with Crippen molar-refractivity contribution >= 4 is 21.4 Å². The van der Waals surface area contributed by atoms with Crippen LogP contribution in [0, 0.1) is 6.92 Å². The highest BCUT2D eigenvalue weighted by Crippen LogP contribution is 2.43. The normalized spacial score (nSPS) is 17.8. The summed E-state index contributed by atoms with van der Waals surface area (Å²) >= 11 is 0. The molecule has 26 heavy (non-hydrogen) atoms. The first-order valence-corrected chi connectivity index (χ1v) is 10.1. The molecular formula is C17H23N5O3S. The van der Waals surface area contributed by atoms with E-state index in [1.807, 2.05) is 13.0 Å². The van der Waals surface area contributed by atoms with E-state index >= 15 is 0 Å². The molecule has 1 aromatic carbocycles. The molecule has 4 rings (SSSR count). The molecule has 8 nitrogen and oxygen atoms in total. The van der Waals surface area contributed by atoms with E-state index in [0.717, 1.165) is 37.4 Å². The van der Waals surface area contributed by atoms with Crippen molar-refractivity contribution in [1.82, 2.24) is 14.9 Å². The van der Waals surface area contributed by atoms with Gasteiger partial charge in [-0.25, -0.2) is 4.98 Å². The van der Waals surface area contributed by atoms with E-state index in [1.54, 1.807) is 11.6 Å². The van der Waals surface area contributed by atoms with Crippen LogP contribution in [0.4, 0.5) is 11.4 Å². The summed E-state index contributed by atoms with van der Waals surface area (Å²) < 4.78 is 35.3. The van der Waals surface area contributed by atoms with Gasteiger partial charge in [-0.2, -0.15) is 8.42 Å². The minimum Gasteiger partial charge on any atom is -0.487 e. The monoisotopic (exact) mass is 377 g/mol. The fraction of sp³-hybridized carbons (Fsp3) is 0.471. The lowest BCUT2D eigenvalue weighted by Gasteiger charge is -2.36. The average molecular weight is 377 g/mol. The van der Waals surface area contributed by atoms with Crippen LogP contribution >= 0.6 is 0 Å². The van der Waals surface area contributed by atoms with Crippen molar-refractivity contribution < 1.29 is 13.2 Å². The molecule has 2 aromatic rings. The van der Waals surface area contributed by atoms with Crippen LogP contribution in [0.1, 0.15) is 5.56 Å². The average Bonchev–Trinajstić information content (AvgIpc) is 3.08. The number of piperazine rings is 1. The molecule has 2 aliphatic heterocycles. The topological polar surface area (TPSA) is 79.7 Å². The summed E-state index contributed by atoms with van der Waals surface area (Å²) in [6.45, 7) is 6.11. The molecule has 0 bridgehead atoms. The Morgan fingerprint density at radius 1 is 1.15 bits per heavy atom. The van der Waals surface area contributed by atoms with Crippen LogP contribution in [0.3, 0.4) is 0 Å². The second-order valence-electron chi connectivity index (χ2n) is 6.67. The van der Waals surface area contributed by atoms with Crippen LogP contribution in [-0.2, 0) is 17.1 Å². The minimum atomic E-state index is -3.73. The summed E-state index contributed by atoms with van der Waals surface area (Å²) in [5, 5.41) is 3.39. The van der Waals surface area contributed by atoms with Gasteiger partial charge in [0.25, 0.3) is 10.0 Å². The Hall–Kier alpha value is -2.26. The summed E-state index contributed by atoms with van der Waals surface area (Å²) in [4.78, 5) is 6.29. The van der Waals surface area contributed by atoms with Gasteiger partial charge < -0.3 is 19.5 Å². The number of aryl methyl sites for hydroxylation is 2.